The van der Waals surface area contributed by atoms with Crippen molar-refractivity contribution < 1.29 is 19.8 Å². The molecule has 0 heterocycles. The lowest BCUT2D eigenvalue weighted by Crippen LogP contribution is -2.93. The highest BCUT2D eigenvalue weighted by molar-refractivity contribution is 5.95. The van der Waals surface area contributed by atoms with Crippen LogP contribution in [-0.2, 0) is 11.2 Å². The number of nitrogens with zero attached hydrogens (tertiary/aromatic N) is 1. The topological polar surface area (TPSA) is 98.1 Å². The molecule has 2 aromatic carbocycles. The molecule has 0 spiro atoms. The summed E-state index contributed by atoms with van der Waals surface area (Å²) in [6.45, 7) is 8.21. The molecule has 7 heteroatoms. The largest absolute Gasteiger partial charge is 0.495 e. The summed E-state index contributed by atoms with van der Waals surface area (Å²) in [4.78, 5) is 23.3. The summed E-state index contributed by atoms with van der Waals surface area (Å²) in [6, 6.07) is 12.3. The summed E-state index contributed by atoms with van der Waals surface area (Å²) in [7, 11) is 1.46. The van der Waals surface area contributed by atoms with E-state index in [0.717, 1.165) is 6.42 Å². The fourth-order valence-electron chi connectivity index (χ4n) is 3.25. The van der Waals surface area contributed by atoms with Gasteiger partial charge in [0.15, 0.2) is 6.04 Å². The number of rotatable bonds is 9. The van der Waals surface area contributed by atoms with Crippen molar-refractivity contribution in [1.82, 2.24) is 0 Å². The zero-order valence-electron chi connectivity index (χ0n) is 17.6. The minimum Gasteiger partial charge on any atom is -0.495 e. The number of aryl methyl sites for hydroxylation is 1. The second-order valence-electron chi connectivity index (χ2n) is 7.48. The molecule has 0 saturated heterocycles. The SMILES string of the molecule is CCc1ccc([C@@H]([NH2+][C@H](C)C(=O)Nc2cc([N+](=O)[O-])ccc2OC)C(C)C)cc1. The highest BCUT2D eigenvalue weighted by Gasteiger charge is 2.26. The van der Waals surface area contributed by atoms with Crippen molar-refractivity contribution in [3.8, 4) is 5.75 Å². The maximum atomic E-state index is 12.8. The first-order valence-electron chi connectivity index (χ1n) is 9.83. The second-order valence-corrected chi connectivity index (χ2v) is 7.48. The number of anilines is 1. The zero-order valence-corrected chi connectivity index (χ0v) is 17.6. The number of methoxy groups -OCH3 is 1. The highest BCUT2D eigenvalue weighted by atomic mass is 16.6. The van der Waals surface area contributed by atoms with Gasteiger partial charge in [-0.3, -0.25) is 14.9 Å². The lowest BCUT2D eigenvalue weighted by atomic mass is 9.94. The molecule has 2 aromatic rings. The molecule has 0 aromatic heterocycles. The Morgan fingerprint density at radius 1 is 1.17 bits per heavy atom. The average Bonchev–Trinajstić information content (AvgIpc) is 2.71. The predicted octanol–water partition coefficient (Wildman–Crippen LogP) is 3.45. The maximum Gasteiger partial charge on any atom is 0.282 e. The van der Waals surface area contributed by atoms with E-state index in [9.17, 15) is 14.9 Å². The summed E-state index contributed by atoms with van der Waals surface area (Å²) >= 11 is 0. The average molecular weight is 400 g/mol. The van der Waals surface area contributed by atoms with Crippen molar-refractivity contribution in [3.05, 3.63) is 63.7 Å². The molecule has 0 bridgehead atoms. The summed E-state index contributed by atoms with van der Waals surface area (Å²) in [5, 5.41) is 15.8. The Morgan fingerprint density at radius 3 is 2.34 bits per heavy atom. The van der Waals surface area contributed by atoms with Crippen LogP contribution in [0.4, 0.5) is 11.4 Å². The molecule has 0 unspecified atom stereocenters. The van der Waals surface area contributed by atoms with E-state index in [4.69, 9.17) is 4.74 Å². The lowest BCUT2D eigenvalue weighted by Gasteiger charge is -2.23. The Hall–Kier alpha value is -2.93. The van der Waals surface area contributed by atoms with Crippen LogP contribution in [0.1, 0.15) is 44.9 Å². The molecule has 3 N–H and O–H groups in total. The normalized spacial score (nSPS) is 13.0. The van der Waals surface area contributed by atoms with Gasteiger partial charge in [0.1, 0.15) is 11.8 Å². The number of nitro benzene ring substituents is 1. The molecule has 7 nitrogen and oxygen atoms in total. The summed E-state index contributed by atoms with van der Waals surface area (Å²) in [5.41, 5.74) is 2.64. The van der Waals surface area contributed by atoms with Crippen LogP contribution in [0.3, 0.4) is 0 Å². The molecule has 0 saturated carbocycles. The van der Waals surface area contributed by atoms with Gasteiger partial charge in [-0.1, -0.05) is 45.0 Å². The van der Waals surface area contributed by atoms with Gasteiger partial charge < -0.3 is 15.4 Å². The number of non-ortho nitro benzene ring substituents is 1. The highest BCUT2D eigenvalue weighted by Crippen LogP contribution is 2.29. The molecule has 0 aliphatic heterocycles. The predicted molar refractivity (Wildman–Crippen MR) is 113 cm³/mol. The van der Waals surface area contributed by atoms with Crippen molar-refractivity contribution >= 4 is 17.3 Å². The Balaban J connectivity index is 2.16. The Labute approximate surface area is 171 Å². The van der Waals surface area contributed by atoms with Gasteiger partial charge in [-0.2, -0.15) is 0 Å². The molecule has 0 fully saturated rings. The minimum absolute atomic E-state index is 0.103. The first-order chi connectivity index (χ1) is 13.8. The fourth-order valence-corrected chi connectivity index (χ4v) is 3.25. The number of benzene rings is 2. The molecular weight excluding hydrogens is 370 g/mol. The Kier molecular flexibility index (Phi) is 7.73. The van der Waals surface area contributed by atoms with Gasteiger partial charge in [-0.05, 0) is 25.0 Å². The van der Waals surface area contributed by atoms with Crippen molar-refractivity contribution in [3.63, 3.8) is 0 Å². The van der Waals surface area contributed by atoms with Crippen LogP contribution >= 0.6 is 0 Å². The molecule has 0 radical (unpaired) electrons. The number of hydrogen-bond acceptors (Lipinski definition) is 4. The standard InChI is InChI=1S/C22H29N3O4/c1-6-16-7-9-17(10-8-16)21(14(2)3)23-15(4)22(26)24-19-13-18(25(27)28)11-12-20(19)29-5/h7-15,21,23H,6H2,1-5H3,(H,24,26)/p+1/t15-,21+/m1/s1. The van der Waals surface area contributed by atoms with Crippen LogP contribution in [0.25, 0.3) is 0 Å². The van der Waals surface area contributed by atoms with Gasteiger partial charge in [-0.15, -0.1) is 0 Å². The second kappa shape index (κ2) is 10.0. The van der Waals surface area contributed by atoms with Gasteiger partial charge in [-0.25, -0.2) is 0 Å². The third-order valence-electron chi connectivity index (χ3n) is 5.05. The molecule has 1 amide bonds. The first kappa shape index (κ1) is 22.4. The van der Waals surface area contributed by atoms with E-state index in [0.29, 0.717) is 17.4 Å². The maximum absolute atomic E-state index is 12.8. The number of carbonyl (C=O) groups is 1. The number of nitro groups is 1. The summed E-state index contributed by atoms with van der Waals surface area (Å²) < 4.78 is 5.22. The Morgan fingerprint density at radius 2 is 1.83 bits per heavy atom. The van der Waals surface area contributed by atoms with Crippen LogP contribution in [0.5, 0.6) is 5.75 Å². The van der Waals surface area contributed by atoms with Crippen LogP contribution < -0.4 is 15.4 Å². The van der Waals surface area contributed by atoms with E-state index in [1.807, 2.05) is 12.2 Å². The molecule has 29 heavy (non-hydrogen) atoms. The molecule has 2 atom stereocenters. The van der Waals surface area contributed by atoms with Crippen LogP contribution in [0, 0.1) is 16.0 Å². The number of hydrogen-bond donors (Lipinski definition) is 2. The van der Waals surface area contributed by atoms with Crippen LogP contribution in [0.15, 0.2) is 42.5 Å². The smallest absolute Gasteiger partial charge is 0.282 e. The van der Waals surface area contributed by atoms with Gasteiger partial charge in [0.05, 0.1) is 17.7 Å². The van der Waals surface area contributed by atoms with E-state index in [1.54, 1.807) is 0 Å². The molecule has 156 valence electrons. The van der Waals surface area contributed by atoms with Crippen LogP contribution in [0.2, 0.25) is 0 Å². The van der Waals surface area contributed by atoms with E-state index >= 15 is 0 Å². The fraction of sp³-hybridized carbons (Fsp3) is 0.409. The number of ether oxygens (including phenoxy) is 1. The lowest BCUT2D eigenvalue weighted by molar-refractivity contribution is -0.718. The van der Waals surface area contributed by atoms with Gasteiger partial charge in [0, 0.05) is 23.6 Å². The third kappa shape index (κ3) is 5.77. The van der Waals surface area contributed by atoms with Crippen molar-refractivity contribution in [2.24, 2.45) is 5.92 Å². The molecule has 2 rings (SSSR count). The van der Waals surface area contributed by atoms with Gasteiger partial charge >= 0.3 is 0 Å². The van der Waals surface area contributed by atoms with E-state index in [-0.39, 0.29) is 17.6 Å². The molecule has 0 aliphatic carbocycles. The Bertz CT molecular complexity index is 850. The third-order valence-corrected chi connectivity index (χ3v) is 5.05. The first-order valence-corrected chi connectivity index (χ1v) is 9.83. The zero-order chi connectivity index (χ0) is 21.6. The van der Waals surface area contributed by atoms with Gasteiger partial charge in [0.25, 0.3) is 11.6 Å². The van der Waals surface area contributed by atoms with Crippen molar-refractivity contribution in [2.45, 2.75) is 46.2 Å². The molecule has 0 aliphatic rings. The summed E-state index contributed by atoms with van der Waals surface area (Å²) in [5.74, 6) is 0.469. The van der Waals surface area contributed by atoms with E-state index in [2.05, 4.69) is 50.4 Å². The van der Waals surface area contributed by atoms with E-state index in [1.165, 1.54) is 36.4 Å². The molecular formula is C22H30N3O4+. The van der Waals surface area contributed by atoms with Gasteiger partial charge in [0.2, 0.25) is 0 Å². The number of nitrogens with two attached hydrogens (primary N) is 1. The quantitative estimate of drug-likeness (QED) is 0.497. The number of amides is 1. The minimum atomic E-state index is -0.501. The van der Waals surface area contributed by atoms with Crippen molar-refractivity contribution in [1.29, 1.82) is 0 Å². The number of carbonyl (C=O) groups excluding carboxylic acids is 1. The van der Waals surface area contributed by atoms with E-state index < -0.39 is 11.0 Å². The number of quaternary nitrogens is 1. The number of nitrogens with one attached hydrogen (secondary N) is 1. The van der Waals surface area contributed by atoms with Crippen molar-refractivity contribution in [2.75, 3.05) is 12.4 Å². The summed E-state index contributed by atoms with van der Waals surface area (Å²) in [6.07, 6.45) is 0.986. The monoisotopic (exact) mass is 400 g/mol. The van der Waals surface area contributed by atoms with Crippen LogP contribution in [-0.4, -0.2) is 24.0 Å².